The molecule has 0 radical (unpaired) electrons. The number of allylic oxidation sites excluding steroid dienone is 1. The molecule has 0 bridgehead atoms. The smallest absolute Gasteiger partial charge is 0.239 e. The minimum absolute atomic E-state index is 0.00389. The maximum atomic E-state index is 14.0. The third-order valence-electron chi connectivity index (χ3n) is 5.45. The number of thioether (sulfide) groups is 1. The highest BCUT2D eigenvalue weighted by atomic mass is 32.2. The predicted molar refractivity (Wildman–Crippen MR) is 111 cm³/mol. The van der Waals surface area contributed by atoms with Gasteiger partial charge in [0.1, 0.15) is 11.6 Å². The maximum absolute atomic E-state index is 14.0. The molecule has 0 spiro atoms. The highest BCUT2D eigenvalue weighted by molar-refractivity contribution is 8.15. The van der Waals surface area contributed by atoms with Gasteiger partial charge in [-0.2, -0.15) is 0 Å². The summed E-state index contributed by atoms with van der Waals surface area (Å²) in [6.45, 7) is 0. The molecule has 0 aromatic heterocycles. The molecule has 2 aliphatic heterocycles. The summed E-state index contributed by atoms with van der Waals surface area (Å²) in [5.74, 6) is -0.260. The molecule has 1 unspecified atom stereocenters. The molecule has 0 saturated carbocycles. The molecule has 2 aromatic carbocycles. The lowest BCUT2D eigenvalue weighted by Gasteiger charge is -2.37. The van der Waals surface area contributed by atoms with Crippen LogP contribution in [0.15, 0.2) is 70.4 Å². The topological polar surface area (TPSA) is 32.7 Å². The number of fused-ring (bicyclic) bond motifs is 1. The summed E-state index contributed by atoms with van der Waals surface area (Å²) in [6.07, 6.45) is 4.51. The lowest BCUT2D eigenvalue weighted by molar-refractivity contribution is -0.125. The fourth-order valence-corrected chi connectivity index (χ4v) is 5.15. The van der Waals surface area contributed by atoms with Crippen LogP contribution in [0.3, 0.4) is 0 Å². The Labute approximate surface area is 171 Å². The molecule has 3 aliphatic rings. The summed E-state index contributed by atoms with van der Waals surface area (Å²) in [4.78, 5) is 19.1. The molecule has 1 atom stereocenters. The third-order valence-corrected chi connectivity index (χ3v) is 6.39. The fraction of sp³-hybridized carbons (Fsp3) is 0.217. The second-order valence-electron chi connectivity index (χ2n) is 7.36. The maximum Gasteiger partial charge on any atom is 0.239 e. The van der Waals surface area contributed by atoms with Crippen LogP contribution in [0.5, 0.6) is 0 Å². The monoisotopic (exact) mass is 408 g/mol. The standard InChI is InChI=1S/C23H18F2N2OS/c24-17-7-1-4-14(11-17)10-15-5-3-9-19-21(15)26-23-27(20(28)13-29-23)22(19)16-6-2-8-18(25)12-16/h1-2,4,6-8,10-12,22H,3,5,9,13H2/b15-10+. The Bertz CT molecular complexity index is 1110. The zero-order valence-corrected chi connectivity index (χ0v) is 16.4. The number of hydrogen-bond donors (Lipinski definition) is 0. The number of hydrogen-bond acceptors (Lipinski definition) is 3. The summed E-state index contributed by atoms with van der Waals surface area (Å²) >= 11 is 1.41. The lowest BCUT2D eigenvalue weighted by atomic mass is 9.83. The van der Waals surface area contributed by atoms with Gasteiger partial charge in [0.05, 0.1) is 17.5 Å². The first-order chi connectivity index (χ1) is 14.1. The van der Waals surface area contributed by atoms with E-state index in [2.05, 4.69) is 0 Å². The van der Waals surface area contributed by atoms with Crippen molar-refractivity contribution in [3.05, 3.63) is 88.1 Å². The average molecular weight is 408 g/mol. The molecule has 29 heavy (non-hydrogen) atoms. The number of carbonyl (C=O) groups excluding carboxylic acids is 1. The van der Waals surface area contributed by atoms with Gasteiger partial charge in [0, 0.05) is 0 Å². The summed E-state index contributed by atoms with van der Waals surface area (Å²) < 4.78 is 27.6. The van der Waals surface area contributed by atoms with Gasteiger partial charge < -0.3 is 0 Å². The van der Waals surface area contributed by atoms with E-state index in [4.69, 9.17) is 4.99 Å². The zero-order valence-electron chi connectivity index (χ0n) is 15.6. The van der Waals surface area contributed by atoms with E-state index in [1.807, 2.05) is 18.2 Å². The van der Waals surface area contributed by atoms with Crippen LogP contribution in [-0.2, 0) is 4.79 Å². The van der Waals surface area contributed by atoms with E-state index in [0.717, 1.165) is 47.2 Å². The van der Waals surface area contributed by atoms with Crippen LogP contribution in [-0.4, -0.2) is 21.7 Å². The van der Waals surface area contributed by atoms with E-state index in [9.17, 15) is 13.6 Å². The van der Waals surface area contributed by atoms with Crippen molar-refractivity contribution < 1.29 is 13.6 Å². The Morgan fingerprint density at radius 1 is 1.07 bits per heavy atom. The number of halogens is 2. The van der Waals surface area contributed by atoms with Gasteiger partial charge in [-0.15, -0.1) is 0 Å². The number of amidine groups is 1. The molecule has 2 heterocycles. The summed E-state index contributed by atoms with van der Waals surface area (Å²) in [5, 5.41) is 0.662. The second kappa shape index (κ2) is 7.26. The van der Waals surface area contributed by atoms with Crippen molar-refractivity contribution >= 4 is 28.9 Å². The number of amides is 1. The SMILES string of the molecule is O=C1CSC2=NC3=C(CCC/C3=C\c3cccc(F)c3)C(c3cccc(F)c3)N12. The highest BCUT2D eigenvalue weighted by Crippen LogP contribution is 2.47. The van der Waals surface area contributed by atoms with Crippen LogP contribution in [0.1, 0.15) is 36.4 Å². The van der Waals surface area contributed by atoms with Crippen molar-refractivity contribution in [1.29, 1.82) is 0 Å². The number of aliphatic imine (C=N–C) groups is 1. The molecule has 6 heteroatoms. The minimum Gasteiger partial charge on any atom is -0.279 e. The fourth-order valence-electron chi connectivity index (χ4n) is 4.25. The normalized spacial score (nSPS) is 22.6. The molecule has 5 rings (SSSR count). The van der Waals surface area contributed by atoms with Crippen LogP contribution in [0.4, 0.5) is 8.78 Å². The molecular weight excluding hydrogens is 390 g/mol. The van der Waals surface area contributed by atoms with Gasteiger partial charge in [-0.25, -0.2) is 13.8 Å². The first kappa shape index (κ1) is 18.3. The van der Waals surface area contributed by atoms with Crippen LogP contribution in [0, 0.1) is 11.6 Å². The zero-order chi connectivity index (χ0) is 20.0. The van der Waals surface area contributed by atoms with Crippen LogP contribution >= 0.6 is 11.8 Å². The Morgan fingerprint density at radius 2 is 1.86 bits per heavy atom. The van der Waals surface area contributed by atoms with Gasteiger partial charge in [0.25, 0.3) is 0 Å². The highest BCUT2D eigenvalue weighted by Gasteiger charge is 2.42. The third kappa shape index (κ3) is 3.31. The summed E-state index contributed by atoms with van der Waals surface area (Å²) in [5.41, 5.74) is 4.47. The number of rotatable bonds is 2. The van der Waals surface area contributed by atoms with Crippen molar-refractivity contribution in [1.82, 2.24) is 4.90 Å². The Kier molecular flexibility index (Phi) is 4.59. The van der Waals surface area contributed by atoms with Crippen molar-refractivity contribution in [3.8, 4) is 0 Å². The molecule has 1 fully saturated rings. The van der Waals surface area contributed by atoms with E-state index >= 15 is 0 Å². The van der Waals surface area contributed by atoms with Crippen LogP contribution in [0.25, 0.3) is 6.08 Å². The van der Waals surface area contributed by atoms with Gasteiger partial charge in [0.15, 0.2) is 5.17 Å². The molecule has 1 amide bonds. The van der Waals surface area contributed by atoms with Crippen molar-refractivity contribution in [3.63, 3.8) is 0 Å². The molecule has 146 valence electrons. The largest absolute Gasteiger partial charge is 0.279 e. The second-order valence-corrected chi connectivity index (χ2v) is 8.30. The van der Waals surface area contributed by atoms with Crippen LogP contribution in [0.2, 0.25) is 0 Å². The molecule has 1 saturated heterocycles. The molecule has 1 aliphatic carbocycles. The van der Waals surface area contributed by atoms with Gasteiger partial charge in [-0.3, -0.25) is 9.69 Å². The Hall–Kier alpha value is -2.73. The quantitative estimate of drug-likeness (QED) is 0.660. The van der Waals surface area contributed by atoms with Crippen LogP contribution < -0.4 is 0 Å². The van der Waals surface area contributed by atoms with E-state index < -0.39 is 0 Å². The minimum atomic E-state index is -0.341. The molecule has 2 aromatic rings. The van der Waals surface area contributed by atoms with Crippen molar-refractivity contribution in [2.75, 3.05) is 5.75 Å². The Balaban J connectivity index is 1.66. The average Bonchev–Trinajstić information content (AvgIpc) is 3.07. The number of benzene rings is 2. The molecular formula is C23H18F2N2OS. The van der Waals surface area contributed by atoms with E-state index in [1.165, 1.54) is 36.0 Å². The van der Waals surface area contributed by atoms with Gasteiger partial charge in [-0.05, 0) is 71.9 Å². The van der Waals surface area contributed by atoms with E-state index in [-0.39, 0.29) is 23.6 Å². The molecule has 3 nitrogen and oxygen atoms in total. The van der Waals surface area contributed by atoms with Gasteiger partial charge >= 0.3 is 0 Å². The lowest BCUT2D eigenvalue weighted by Crippen LogP contribution is -2.38. The summed E-state index contributed by atoms with van der Waals surface area (Å²) in [6, 6.07) is 12.6. The summed E-state index contributed by atoms with van der Waals surface area (Å²) in [7, 11) is 0. The first-order valence-electron chi connectivity index (χ1n) is 9.59. The van der Waals surface area contributed by atoms with Crippen molar-refractivity contribution in [2.45, 2.75) is 25.3 Å². The van der Waals surface area contributed by atoms with Gasteiger partial charge in [-0.1, -0.05) is 36.0 Å². The van der Waals surface area contributed by atoms with Crippen molar-refractivity contribution in [2.24, 2.45) is 4.99 Å². The predicted octanol–water partition coefficient (Wildman–Crippen LogP) is 5.47. The number of nitrogens with zero attached hydrogens (tertiary/aromatic N) is 2. The Morgan fingerprint density at radius 3 is 2.66 bits per heavy atom. The number of carbonyl (C=O) groups is 1. The first-order valence-corrected chi connectivity index (χ1v) is 10.6. The molecule has 0 N–H and O–H groups in total. The van der Waals surface area contributed by atoms with E-state index in [1.54, 1.807) is 17.0 Å². The van der Waals surface area contributed by atoms with Gasteiger partial charge in [0.2, 0.25) is 5.91 Å². The van der Waals surface area contributed by atoms with E-state index in [0.29, 0.717) is 10.9 Å².